The molecular formula is C17H26N2O3S. The third kappa shape index (κ3) is 4.12. The Morgan fingerprint density at radius 2 is 2.04 bits per heavy atom. The molecule has 6 heteroatoms. The lowest BCUT2D eigenvalue weighted by Crippen LogP contribution is -2.48. The zero-order chi connectivity index (χ0) is 16.8. The van der Waals surface area contributed by atoms with E-state index >= 15 is 0 Å². The van der Waals surface area contributed by atoms with E-state index in [1.807, 2.05) is 18.4 Å². The monoisotopic (exact) mass is 338 g/mol. The number of likely N-dealkylation sites (N-methyl/N-ethyl adjacent to an activating group) is 1. The smallest absolute Gasteiger partial charge is 0.237 e. The fraction of sp³-hybridized carbons (Fsp3) is 0.588. The van der Waals surface area contributed by atoms with Crippen LogP contribution in [0.25, 0.3) is 0 Å². The Balaban J connectivity index is 2.28. The van der Waals surface area contributed by atoms with Crippen LogP contribution in [0.15, 0.2) is 17.0 Å². The number of likely N-dealkylation sites (tertiary alicyclic amines) is 1. The van der Waals surface area contributed by atoms with E-state index in [4.69, 9.17) is 9.47 Å². The molecule has 1 saturated heterocycles. The molecule has 1 N–H and O–H groups in total. The number of carbonyl (C=O) groups excluding carboxylic acids is 1. The van der Waals surface area contributed by atoms with Gasteiger partial charge < -0.3 is 14.8 Å². The van der Waals surface area contributed by atoms with Gasteiger partial charge in [-0.25, -0.2) is 0 Å². The summed E-state index contributed by atoms with van der Waals surface area (Å²) in [5.41, 5.74) is 1.05. The Hall–Kier alpha value is -1.40. The zero-order valence-electron chi connectivity index (χ0n) is 14.3. The predicted molar refractivity (Wildman–Crippen MR) is 93.4 cm³/mol. The van der Waals surface area contributed by atoms with Crippen LogP contribution in [-0.2, 0) is 11.3 Å². The number of methoxy groups -OCH3 is 2. The highest BCUT2D eigenvalue weighted by molar-refractivity contribution is 7.98. The molecule has 1 fully saturated rings. The summed E-state index contributed by atoms with van der Waals surface area (Å²) >= 11 is 1.63. The second-order valence-electron chi connectivity index (χ2n) is 5.62. The molecule has 0 radical (unpaired) electrons. The van der Waals surface area contributed by atoms with Gasteiger partial charge in [0.1, 0.15) is 11.5 Å². The van der Waals surface area contributed by atoms with E-state index in [-0.39, 0.29) is 11.9 Å². The first-order chi connectivity index (χ1) is 11.1. The molecule has 1 aliphatic heterocycles. The number of nitrogens with zero attached hydrogens (tertiary/aromatic N) is 1. The number of hydrogen-bond donors (Lipinski definition) is 1. The highest BCUT2D eigenvalue weighted by atomic mass is 32.2. The number of hydrogen-bond acceptors (Lipinski definition) is 5. The summed E-state index contributed by atoms with van der Waals surface area (Å²) in [4.78, 5) is 15.4. The number of thioether (sulfide) groups is 1. The molecule has 5 nitrogen and oxygen atoms in total. The topological polar surface area (TPSA) is 50.8 Å². The molecular weight excluding hydrogens is 312 g/mol. The van der Waals surface area contributed by atoms with E-state index in [2.05, 4.69) is 10.2 Å². The van der Waals surface area contributed by atoms with Crippen molar-refractivity contribution >= 4 is 17.7 Å². The lowest BCUT2D eigenvalue weighted by atomic mass is 10.00. The molecule has 1 amide bonds. The van der Waals surface area contributed by atoms with Gasteiger partial charge in [0.05, 0.1) is 25.2 Å². The molecule has 0 bridgehead atoms. The molecule has 0 aromatic heterocycles. The highest BCUT2D eigenvalue weighted by Gasteiger charge is 2.28. The number of carbonyl (C=O) groups is 1. The summed E-state index contributed by atoms with van der Waals surface area (Å²) < 4.78 is 11.0. The van der Waals surface area contributed by atoms with Gasteiger partial charge in [-0.3, -0.25) is 9.69 Å². The van der Waals surface area contributed by atoms with Crippen molar-refractivity contribution in [3.8, 4) is 11.5 Å². The van der Waals surface area contributed by atoms with E-state index in [1.54, 1.807) is 33.0 Å². The van der Waals surface area contributed by atoms with Crippen LogP contribution in [0.3, 0.4) is 0 Å². The van der Waals surface area contributed by atoms with Gasteiger partial charge in [-0.15, -0.1) is 11.8 Å². The predicted octanol–water partition coefficient (Wildman–Crippen LogP) is 2.53. The van der Waals surface area contributed by atoms with Crippen molar-refractivity contribution in [1.82, 2.24) is 10.2 Å². The van der Waals surface area contributed by atoms with E-state index in [9.17, 15) is 4.79 Å². The standard InChI is InChI=1S/C17H26N2O3S/c1-18-17(20)13-7-5-6-8-19(13)11-12-9-15(22-3)16(23-4)10-14(12)21-2/h9-10,13H,5-8,11H2,1-4H3,(H,18,20)/t13-/m1/s1. The van der Waals surface area contributed by atoms with Crippen LogP contribution < -0.4 is 14.8 Å². The maximum atomic E-state index is 12.1. The largest absolute Gasteiger partial charge is 0.496 e. The summed E-state index contributed by atoms with van der Waals surface area (Å²) in [6.45, 7) is 1.61. The maximum Gasteiger partial charge on any atom is 0.237 e. The fourth-order valence-corrected chi connectivity index (χ4v) is 3.65. The lowest BCUT2D eigenvalue weighted by Gasteiger charge is -2.34. The number of ether oxygens (including phenoxy) is 2. The van der Waals surface area contributed by atoms with Gasteiger partial charge in [0.2, 0.25) is 5.91 Å². The average molecular weight is 338 g/mol. The second-order valence-corrected chi connectivity index (χ2v) is 6.46. The summed E-state index contributed by atoms with van der Waals surface area (Å²) in [6, 6.07) is 3.97. The first-order valence-electron chi connectivity index (χ1n) is 7.89. The Bertz CT molecular complexity index is 551. The van der Waals surface area contributed by atoms with Gasteiger partial charge >= 0.3 is 0 Å². The molecule has 23 heavy (non-hydrogen) atoms. The third-order valence-electron chi connectivity index (χ3n) is 4.32. The van der Waals surface area contributed by atoms with Crippen LogP contribution in [0, 0.1) is 0 Å². The van der Waals surface area contributed by atoms with Crippen molar-refractivity contribution < 1.29 is 14.3 Å². The summed E-state index contributed by atoms with van der Waals surface area (Å²) in [6.07, 6.45) is 5.14. The first kappa shape index (κ1) is 17.9. The van der Waals surface area contributed by atoms with Crippen LogP contribution in [0.4, 0.5) is 0 Å². The molecule has 2 rings (SSSR count). The Morgan fingerprint density at radius 3 is 2.65 bits per heavy atom. The van der Waals surface area contributed by atoms with Gasteiger partial charge in [0.15, 0.2) is 0 Å². The number of amides is 1. The average Bonchev–Trinajstić information content (AvgIpc) is 2.61. The SMILES string of the molecule is CNC(=O)[C@H]1CCCCN1Cc1cc(OC)c(SC)cc1OC. The normalized spacial score (nSPS) is 18.5. The Kier molecular flexibility index (Phi) is 6.59. The molecule has 1 aromatic carbocycles. The number of rotatable bonds is 6. The third-order valence-corrected chi connectivity index (χ3v) is 5.08. The lowest BCUT2D eigenvalue weighted by molar-refractivity contribution is -0.127. The van der Waals surface area contributed by atoms with E-state index in [1.165, 1.54) is 0 Å². The van der Waals surface area contributed by atoms with Gasteiger partial charge in [0, 0.05) is 19.2 Å². The number of benzene rings is 1. The van der Waals surface area contributed by atoms with E-state index < -0.39 is 0 Å². The molecule has 0 unspecified atom stereocenters. The summed E-state index contributed by atoms with van der Waals surface area (Å²) in [7, 11) is 5.06. The number of nitrogens with one attached hydrogen (secondary N) is 1. The molecule has 128 valence electrons. The molecule has 0 saturated carbocycles. The van der Waals surface area contributed by atoms with Crippen LogP contribution in [0.2, 0.25) is 0 Å². The maximum absolute atomic E-state index is 12.1. The first-order valence-corrected chi connectivity index (χ1v) is 9.11. The summed E-state index contributed by atoms with van der Waals surface area (Å²) in [5, 5.41) is 2.78. The highest BCUT2D eigenvalue weighted by Crippen LogP contribution is 2.35. The van der Waals surface area contributed by atoms with Crippen molar-refractivity contribution in [2.75, 3.05) is 34.1 Å². The van der Waals surface area contributed by atoms with E-state index in [0.29, 0.717) is 6.54 Å². The minimum Gasteiger partial charge on any atom is -0.496 e. The van der Waals surface area contributed by atoms with Crippen molar-refractivity contribution in [3.05, 3.63) is 17.7 Å². The van der Waals surface area contributed by atoms with Crippen molar-refractivity contribution in [3.63, 3.8) is 0 Å². The number of piperidine rings is 1. The van der Waals surface area contributed by atoms with Crippen molar-refractivity contribution in [2.24, 2.45) is 0 Å². The molecule has 1 heterocycles. The molecule has 1 atom stereocenters. The second kappa shape index (κ2) is 8.45. The van der Waals surface area contributed by atoms with Crippen molar-refractivity contribution in [1.29, 1.82) is 0 Å². The van der Waals surface area contributed by atoms with Crippen LogP contribution in [0.5, 0.6) is 11.5 Å². The Labute approximate surface area is 142 Å². The van der Waals surface area contributed by atoms with Crippen LogP contribution >= 0.6 is 11.8 Å². The van der Waals surface area contributed by atoms with Crippen LogP contribution in [-0.4, -0.2) is 50.9 Å². The molecule has 1 aliphatic rings. The van der Waals surface area contributed by atoms with Gasteiger partial charge in [0.25, 0.3) is 0 Å². The fourth-order valence-electron chi connectivity index (χ4n) is 3.08. The molecule has 1 aromatic rings. The van der Waals surface area contributed by atoms with Gasteiger partial charge in [-0.05, 0) is 37.8 Å². The summed E-state index contributed by atoms with van der Waals surface area (Å²) in [5.74, 6) is 1.79. The van der Waals surface area contributed by atoms with Gasteiger partial charge in [-0.2, -0.15) is 0 Å². The molecule has 0 aliphatic carbocycles. The van der Waals surface area contributed by atoms with Gasteiger partial charge in [-0.1, -0.05) is 6.42 Å². The van der Waals surface area contributed by atoms with Crippen LogP contribution in [0.1, 0.15) is 24.8 Å². The van der Waals surface area contributed by atoms with Crippen molar-refractivity contribution in [2.45, 2.75) is 36.7 Å². The zero-order valence-corrected chi connectivity index (χ0v) is 15.2. The van der Waals surface area contributed by atoms with E-state index in [0.717, 1.165) is 47.8 Å². The minimum atomic E-state index is -0.0651. The Morgan fingerprint density at radius 1 is 1.30 bits per heavy atom. The molecule has 0 spiro atoms. The minimum absolute atomic E-state index is 0.0651. The quantitative estimate of drug-likeness (QED) is 0.808.